The Bertz CT molecular complexity index is 724. The van der Waals surface area contributed by atoms with Crippen molar-refractivity contribution < 1.29 is 18.7 Å². The lowest BCUT2D eigenvalue weighted by Crippen LogP contribution is -2.53. The number of likely N-dealkylation sites (tertiary alicyclic amines) is 1. The summed E-state index contributed by atoms with van der Waals surface area (Å²) in [5.41, 5.74) is 1.09. The number of halogens is 1. The van der Waals surface area contributed by atoms with Crippen LogP contribution in [0.4, 0.5) is 4.39 Å². The first-order valence-electron chi connectivity index (χ1n) is 8.23. The molecule has 7 heteroatoms. The van der Waals surface area contributed by atoms with Gasteiger partial charge in [-0.15, -0.1) is 0 Å². The Morgan fingerprint density at radius 2 is 2.04 bits per heavy atom. The molecule has 2 heterocycles. The number of methoxy groups -OCH3 is 1. The molecule has 1 saturated heterocycles. The molecule has 0 N–H and O–H groups in total. The standard InChI is InChI=1S/C18H22FN3O3/c1-13-7-20-17(11-24-2)22(13)10-14-8-21(9-14)18(23)12-25-16-5-3-15(19)4-6-16/h3-7,14H,8-12H2,1-2H3. The Hall–Kier alpha value is -2.41. The normalized spacial score (nSPS) is 14.4. The molecular formula is C18H22FN3O3. The lowest BCUT2D eigenvalue weighted by Gasteiger charge is -2.39. The third-order valence-electron chi connectivity index (χ3n) is 4.34. The summed E-state index contributed by atoms with van der Waals surface area (Å²) in [4.78, 5) is 18.3. The van der Waals surface area contributed by atoms with Crippen molar-refractivity contribution in [2.45, 2.75) is 20.1 Å². The van der Waals surface area contributed by atoms with Gasteiger partial charge in [-0.25, -0.2) is 9.37 Å². The summed E-state index contributed by atoms with van der Waals surface area (Å²) in [6, 6.07) is 5.65. The minimum atomic E-state index is -0.327. The lowest BCUT2D eigenvalue weighted by atomic mass is 10.00. The molecule has 0 atom stereocenters. The number of nitrogens with zero attached hydrogens (tertiary/aromatic N) is 3. The number of aromatic nitrogens is 2. The van der Waals surface area contributed by atoms with E-state index < -0.39 is 0 Å². The van der Waals surface area contributed by atoms with Crippen LogP contribution in [-0.4, -0.2) is 47.2 Å². The van der Waals surface area contributed by atoms with Gasteiger partial charge < -0.3 is 18.9 Å². The third-order valence-corrected chi connectivity index (χ3v) is 4.34. The van der Waals surface area contributed by atoms with E-state index in [2.05, 4.69) is 9.55 Å². The predicted octanol–water partition coefficient (Wildman–Crippen LogP) is 2.01. The van der Waals surface area contributed by atoms with Crippen LogP contribution < -0.4 is 4.74 Å². The summed E-state index contributed by atoms with van der Waals surface area (Å²) in [7, 11) is 1.65. The number of aryl methyl sites for hydroxylation is 1. The Morgan fingerprint density at radius 1 is 1.32 bits per heavy atom. The molecule has 6 nitrogen and oxygen atoms in total. The molecule has 1 aromatic heterocycles. The number of hydrogen-bond acceptors (Lipinski definition) is 4. The van der Waals surface area contributed by atoms with Crippen LogP contribution in [0.2, 0.25) is 0 Å². The van der Waals surface area contributed by atoms with E-state index in [1.54, 1.807) is 12.0 Å². The van der Waals surface area contributed by atoms with Crippen LogP contribution in [0.5, 0.6) is 5.75 Å². The average molecular weight is 347 g/mol. The van der Waals surface area contributed by atoms with Gasteiger partial charge in [-0.05, 0) is 31.2 Å². The average Bonchev–Trinajstić information content (AvgIpc) is 2.90. The molecule has 0 bridgehead atoms. The molecule has 1 aromatic carbocycles. The largest absolute Gasteiger partial charge is 0.484 e. The van der Waals surface area contributed by atoms with E-state index in [4.69, 9.17) is 9.47 Å². The van der Waals surface area contributed by atoms with Crippen molar-refractivity contribution >= 4 is 5.91 Å². The Kier molecular flexibility index (Phi) is 5.33. The smallest absolute Gasteiger partial charge is 0.260 e. The number of rotatable bonds is 7. The summed E-state index contributed by atoms with van der Waals surface area (Å²) in [5.74, 6) is 1.42. The van der Waals surface area contributed by atoms with Crippen molar-refractivity contribution in [3.05, 3.63) is 47.8 Å². The number of hydrogen-bond donors (Lipinski definition) is 0. The molecule has 1 aliphatic rings. The zero-order valence-corrected chi connectivity index (χ0v) is 14.4. The van der Waals surface area contributed by atoms with Crippen LogP contribution >= 0.6 is 0 Å². The lowest BCUT2D eigenvalue weighted by molar-refractivity contribution is -0.140. The Balaban J connectivity index is 1.45. The van der Waals surface area contributed by atoms with Crippen molar-refractivity contribution in [2.75, 3.05) is 26.8 Å². The maximum Gasteiger partial charge on any atom is 0.260 e. The quantitative estimate of drug-likeness (QED) is 0.769. The van der Waals surface area contributed by atoms with Crippen LogP contribution in [0, 0.1) is 18.7 Å². The maximum atomic E-state index is 12.8. The van der Waals surface area contributed by atoms with Gasteiger partial charge >= 0.3 is 0 Å². The van der Waals surface area contributed by atoms with Crippen molar-refractivity contribution in [2.24, 2.45) is 5.92 Å². The fourth-order valence-electron chi connectivity index (χ4n) is 2.92. The van der Waals surface area contributed by atoms with Gasteiger partial charge in [0, 0.05) is 44.6 Å². The molecule has 1 amide bonds. The fourth-order valence-corrected chi connectivity index (χ4v) is 2.92. The van der Waals surface area contributed by atoms with Crippen LogP contribution in [0.3, 0.4) is 0 Å². The molecule has 2 aromatic rings. The van der Waals surface area contributed by atoms with Gasteiger partial charge in [-0.3, -0.25) is 4.79 Å². The molecule has 3 rings (SSSR count). The van der Waals surface area contributed by atoms with E-state index in [9.17, 15) is 9.18 Å². The van der Waals surface area contributed by atoms with E-state index in [0.717, 1.165) is 18.1 Å². The molecule has 0 unspecified atom stereocenters. The van der Waals surface area contributed by atoms with E-state index in [1.807, 2.05) is 13.1 Å². The minimum Gasteiger partial charge on any atom is -0.484 e. The van der Waals surface area contributed by atoms with E-state index in [1.165, 1.54) is 24.3 Å². The van der Waals surface area contributed by atoms with E-state index >= 15 is 0 Å². The van der Waals surface area contributed by atoms with Crippen molar-refractivity contribution in [1.29, 1.82) is 0 Å². The summed E-state index contributed by atoms with van der Waals surface area (Å²) in [6.45, 7) is 4.70. The van der Waals surface area contributed by atoms with Gasteiger partial charge in [0.25, 0.3) is 5.91 Å². The Labute approximate surface area is 146 Å². The van der Waals surface area contributed by atoms with Gasteiger partial charge in [0.05, 0.1) is 0 Å². The topological polar surface area (TPSA) is 56.6 Å². The van der Waals surface area contributed by atoms with Crippen molar-refractivity contribution in [3.63, 3.8) is 0 Å². The van der Waals surface area contributed by atoms with Gasteiger partial charge in [-0.2, -0.15) is 0 Å². The van der Waals surface area contributed by atoms with Gasteiger partial charge in [0.1, 0.15) is 24.0 Å². The number of benzene rings is 1. The predicted molar refractivity (Wildman–Crippen MR) is 89.6 cm³/mol. The first kappa shape index (κ1) is 17.4. The number of ether oxygens (including phenoxy) is 2. The second-order valence-corrected chi connectivity index (χ2v) is 6.27. The third kappa shape index (κ3) is 4.17. The molecule has 25 heavy (non-hydrogen) atoms. The summed E-state index contributed by atoms with van der Waals surface area (Å²) >= 11 is 0. The highest BCUT2D eigenvalue weighted by Gasteiger charge is 2.31. The van der Waals surface area contributed by atoms with E-state index in [0.29, 0.717) is 31.4 Å². The highest BCUT2D eigenvalue weighted by Crippen LogP contribution is 2.20. The summed E-state index contributed by atoms with van der Waals surface area (Å²) in [6.07, 6.45) is 1.84. The zero-order valence-electron chi connectivity index (χ0n) is 14.4. The molecule has 0 radical (unpaired) electrons. The molecule has 134 valence electrons. The fraction of sp³-hybridized carbons (Fsp3) is 0.444. The van der Waals surface area contributed by atoms with Crippen LogP contribution in [0.1, 0.15) is 11.5 Å². The maximum absolute atomic E-state index is 12.8. The number of imidazole rings is 1. The Morgan fingerprint density at radius 3 is 2.72 bits per heavy atom. The van der Waals surface area contributed by atoms with Gasteiger partial charge in [0.2, 0.25) is 0 Å². The molecule has 0 aliphatic carbocycles. The molecule has 0 saturated carbocycles. The van der Waals surface area contributed by atoms with Gasteiger partial charge in [0.15, 0.2) is 6.61 Å². The van der Waals surface area contributed by atoms with Crippen LogP contribution in [0.25, 0.3) is 0 Å². The summed E-state index contributed by atoms with van der Waals surface area (Å²) < 4.78 is 25.5. The van der Waals surface area contributed by atoms with Crippen LogP contribution in [-0.2, 0) is 22.7 Å². The van der Waals surface area contributed by atoms with Gasteiger partial charge in [-0.1, -0.05) is 0 Å². The number of carbonyl (C=O) groups is 1. The molecule has 0 spiro atoms. The SMILES string of the molecule is COCc1ncc(C)n1CC1CN(C(=O)COc2ccc(F)cc2)C1. The number of carbonyl (C=O) groups excluding carboxylic acids is 1. The monoisotopic (exact) mass is 347 g/mol. The number of amides is 1. The second kappa shape index (κ2) is 7.65. The van der Waals surface area contributed by atoms with Crippen molar-refractivity contribution in [1.82, 2.24) is 14.5 Å². The highest BCUT2D eigenvalue weighted by molar-refractivity contribution is 5.78. The zero-order chi connectivity index (χ0) is 17.8. The second-order valence-electron chi connectivity index (χ2n) is 6.27. The summed E-state index contributed by atoms with van der Waals surface area (Å²) in [5, 5.41) is 0. The first-order chi connectivity index (χ1) is 12.1. The minimum absolute atomic E-state index is 0.0304. The molecular weight excluding hydrogens is 325 g/mol. The first-order valence-corrected chi connectivity index (χ1v) is 8.23. The highest BCUT2D eigenvalue weighted by atomic mass is 19.1. The van der Waals surface area contributed by atoms with Crippen LogP contribution in [0.15, 0.2) is 30.5 Å². The molecule has 1 fully saturated rings. The molecule has 1 aliphatic heterocycles. The van der Waals surface area contributed by atoms with Crippen molar-refractivity contribution in [3.8, 4) is 5.75 Å². The van der Waals surface area contributed by atoms with E-state index in [-0.39, 0.29) is 18.3 Å².